The zero-order chi connectivity index (χ0) is 60.2. The highest BCUT2D eigenvalue weighted by molar-refractivity contribution is 4.88. The third-order valence-electron chi connectivity index (χ3n) is 13.3. The van der Waals surface area contributed by atoms with Crippen LogP contribution in [0.4, 0.5) is 0 Å². The first-order chi connectivity index (χ1) is 40.3. The Bertz CT molecular complexity index is 1980. The van der Waals surface area contributed by atoms with Gasteiger partial charge in [-0.25, -0.2) is 0 Å². The Kier molecular flexibility index (Phi) is 53.8. The smallest absolute Gasteiger partial charge is 0.115 e. The lowest BCUT2D eigenvalue weighted by molar-refractivity contribution is -0.198. The summed E-state index contributed by atoms with van der Waals surface area (Å²) >= 11 is 0. The van der Waals surface area contributed by atoms with Gasteiger partial charge in [0.1, 0.15) is 24.4 Å². The Morgan fingerprint density at radius 3 is 0.671 bits per heavy atom. The fourth-order valence-electron chi connectivity index (χ4n) is 8.94. The van der Waals surface area contributed by atoms with Gasteiger partial charge in [-0.3, -0.25) is 0 Å². The Morgan fingerprint density at radius 1 is 0.256 bits per heavy atom. The van der Waals surface area contributed by atoms with Crippen LogP contribution in [0.3, 0.4) is 0 Å². The van der Waals surface area contributed by atoms with E-state index < -0.39 is 24.4 Å². The Morgan fingerprint density at radius 2 is 0.451 bits per heavy atom. The largest absolute Gasteiger partial charge is 0.379 e. The van der Waals surface area contributed by atoms with E-state index in [4.69, 9.17) is 28.4 Å². The van der Waals surface area contributed by atoms with Crippen molar-refractivity contribution in [3.63, 3.8) is 0 Å². The van der Waals surface area contributed by atoms with Gasteiger partial charge in [-0.2, -0.15) is 57.9 Å². The number of ether oxygens (including phenoxy) is 6. The molecule has 0 aliphatic heterocycles. The molecule has 0 rings (SSSR count). The minimum absolute atomic E-state index is 0.0727. The van der Waals surface area contributed by atoms with Crippen LogP contribution in [0, 0.1) is 125 Å². The van der Waals surface area contributed by atoms with Gasteiger partial charge < -0.3 is 57.8 Å². The standard InChI is InChI=1S/C59H93N17O6/c1-2-71(31-3-20-60)42-16-52-81-58(56(79-50-17-45-74(36-8-25-65)37-9-26-66)54-77-48-14-43-72(32-4-21-61)33-5-22-62)59(82-53-19-47-76(40-12-29-69)41-13-30-70)57(80-51-18-46-75(38-10-27-67)39-11-28-68)55-78-49-15-44-73(34-6-23-63)35-7-24-64/h56-59H,2-19,31-55H2,1H3. The van der Waals surface area contributed by atoms with Crippen LogP contribution in [0.25, 0.3) is 0 Å². The van der Waals surface area contributed by atoms with Gasteiger partial charge in [-0.1, -0.05) is 6.92 Å². The molecule has 23 nitrogen and oxygen atoms in total. The summed E-state index contributed by atoms with van der Waals surface area (Å²) in [7, 11) is 0. The molecule has 0 aromatic rings. The zero-order valence-corrected chi connectivity index (χ0v) is 49.3. The molecule has 23 heteroatoms. The van der Waals surface area contributed by atoms with Crippen molar-refractivity contribution in [2.75, 3.05) is 171 Å². The zero-order valence-electron chi connectivity index (χ0n) is 49.3. The van der Waals surface area contributed by atoms with Gasteiger partial charge in [-0.15, -0.1) is 0 Å². The molecule has 0 N–H and O–H groups in total. The highest BCUT2D eigenvalue weighted by Gasteiger charge is 2.39. The molecule has 0 saturated heterocycles. The van der Waals surface area contributed by atoms with E-state index in [1.165, 1.54) is 0 Å². The molecule has 0 spiro atoms. The van der Waals surface area contributed by atoms with Crippen molar-refractivity contribution in [3.05, 3.63) is 0 Å². The van der Waals surface area contributed by atoms with Crippen LogP contribution in [-0.4, -0.2) is 224 Å². The van der Waals surface area contributed by atoms with Crippen LogP contribution in [0.5, 0.6) is 0 Å². The number of nitriles is 11. The minimum atomic E-state index is -0.840. The first kappa shape index (κ1) is 75.9. The van der Waals surface area contributed by atoms with Crippen LogP contribution in [0.15, 0.2) is 0 Å². The average molecular weight is 1140 g/mol. The van der Waals surface area contributed by atoms with Gasteiger partial charge in [0.15, 0.2) is 0 Å². The number of rotatable bonds is 58. The molecular weight excluding hydrogens is 1040 g/mol. The van der Waals surface area contributed by atoms with Gasteiger partial charge in [0.05, 0.1) is 80.0 Å². The molecule has 0 aromatic carbocycles. The summed E-state index contributed by atoms with van der Waals surface area (Å²) in [6.45, 7) is 13.9. The van der Waals surface area contributed by atoms with Gasteiger partial charge >= 0.3 is 0 Å². The van der Waals surface area contributed by atoms with Crippen molar-refractivity contribution >= 4 is 0 Å². The second-order valence-electron chi connectivity index (χ2n) is 19.4. The fraction of sp³-hybridized carbons (Fsp3) is 0.814. The minimum Gasteiger partial charge on any atom is -0.379 e. The van der Waals surface area contributed by atoms with Crippen LogP contribution in [0.2, 0.25) is 0 Å². The summed E-state index contributed by atoms with van der Waals surface area (Å²) in [5.41, 5.74) is 0. The van der Waals surface area contributed by atoms with Crippen molar-refractivity contribution in [2.45, 2.75) is 140 Å². The summed E-state index contributed by atoms with van der Waals surface area (Å²) < 4.78 is 40.9. The van der Waals surface area contributed by atoms with Gasteiger partial charge in [0.25, 0.3) is 0 Å². The molecule has 0 aliphatic carbocycles. The summed E-state index contributed by atoms with van der Waals surface area (Å²) in [5.74, 6) is 0. The lowest BCUT2D eigenvalue weighted by Crippen LogP contribution is -2.53. The first-order valence-electron chi connectivity index (χ1n) is 29.3. The molecule has 4 unspecified atom stereocenters. The lowest BCUT2D eigenvalue weighted by Gasteiger charge is -2.38. The van der Waals surface area contributed by atoms with Gasteiger partial charge in [-0.05, 0) is 45.1 Å². The maximum atomic E-state index is 9.43. The van der Waals surface area contributed by atoms with E-state index in [0.717, 1.165) is 6.54 Å². The van der Waals surface area contributed by atoms with E-state index in [9.17, 15) is 57.9 Å². The van der Waals surface area contributed by atoms with Gasteiger partial charge in [0, 0.05) is 222 Å². The lowest BCUT2D eigenvalue weighted by atomic mass is 10.0. The number of hydrogen-bond acceptors (Lipinski definition) is 23. The van der Waals surface area contributed by atoms with E-state index >= 15 is 0 Å². The Hall–Kier alpha value is -6.09. The van der Waals surface area contributed by atoms with Crippen LogP contribution >= 0.6 is 0 Å². The predicted molar refractivity (Wildman–Crippen MR) is 305 cm³/mol. The molecule has 0 radical (unpaired) electrons. The quantitative estimate of drug-likeness (QED) is 0.0651. The Labute approximate surface area is 491 Å². The van der Waals surface area contributed by atoms with E-state index in [1.54, 1.807) is 0 Å². The number of hydrogen-bond donors (Lipinski definition) is 0. The highest BCUT2D eigenvalue weighted by atomic mass is 16.6. The van der Waals surface area contributed by atoms with Crippen molar-refractivity contribution in [1.29, 1.82) is 57.9 Å². The first-order valence-corrected chi connectivity index (χ1v) is 29.3. The molecule has 0 bridgehead atoms. The molecular formula is C59H93N17O6. The molecule has 82 heavy (non-hydrogen) atoms. The average Bonchev–Trinajstić information content (AvgIpc) is 3.51. The monoisotopic (exact) mass is 1140 g/mol. The van der Waals surface area contributed by atoms with E-state index in [1.807, 2.05) is 6.92 Å². The third kappa shape index (κ3) is 42.7. The van der Waals surface area contributed by atoms with Crippen molar-refractivity contribution < 1.29 is 28.4 Å². The van der Waals surface area contributed by atoms with Crippen molar-refractivity contribution in [1.82, 2.24) is 29.4 Å². The molecule has 4 atom stereocenters. The van der Waals surface area contributed by atoms with Crippen molar-refractivity contribution in [2.24, 2.45) is 0 Å². The molecule has 0 fully saturated rings. The van der Waals surface area contributed by atoms with E-state index in [-0.39, 0.29) is 39.6 Å². The third-order valence-corrected chi connectivity index (χ3v) is 13.3. The van der Waals surface area contributed by atoms with Crippen LogP contribution in [0.1, 0.15) is 116 Å². The molecule has 0 heterocycles. The maximum absolute atomic E-state index is 9.43. The van der Waals surface area contributed by atoms with Crippen LogP contribution < -0.4 is 0 Å². The number of nitrogens with zero attached hydrogens (tertiary/aromatic N) is 17. The SMILES string of the molecule is CCN(CCC#N)CCCOC(C(COCCCN(CCC#N)CCC#N)OCCCN(CCC#N)CCC#N)C(OCCCN(CCC#N)CCC#N)C(COCCCN(CCC#N)CCC#N)OCCCN(CCC#N)CCC#N. The summed E-state index contributed by atoms with van der Waals surface area (Å²) in [4.78, 5) is 12.6. The predicted octanol–water partition coefficient (Wildman–Crippen LogP) is 5.78. The summed E-state index contributed by atoms with van der Waals surface area (Å²) in [5, 5.41) is 103. The molecule has 0 aliphatic rings. The summed E-state index contributed by atoms with van der Waals surface area (Å²) in [6.07, 6.45) is 3.81. The second-order valence-corrected chi connectivity index (χ2v) is 19.4. The molecule has 0 amide bonds. The summed E-state index contributed by atoms with van der Waals surface area (Å²) in [6, 6.07) is 24.2. The van der Waals surface area contributed by atoms with Gasteiger partial charge in [0.2, 0.25) is 0 Å². The fourth-order valence-corrected chi connectivity index (χ4v) is 8.94. The normalized spacial score (nSPS) is 12.5. The van der Waals surface area contributed by atoms with E-state index in [2.05, 4.69) is 96.2 Å². The maximum Gasteiger partial charge on any atom is 0.115 e. The topological polar surface area (TPSA) is 337 Å². The second kappa shape index (κ2) is 58.1. The highest BCUT2D eigenvalue weighted by Crippen LogP contribution is 2.22. The van der Waals surface area contributed by atoms with Crippen molar-refractivity contribution in [3.8, 4) is 66.8 Å². The molecule has 450 valence electrons. The molecule has 0 aromatic heterocycles. The molecule has 0 saturated carbocycles. The van der Waals surface area contributed by atoms with Crippen LogP contribution in [-0.2, 0) is 28.4 Å². The van der Waals surface area contributed by atoms with E-state index in [0.29, 0.717) is 234 Å². The Balaban J connectivity index is 7.71.